The summed E-state index contributed by atoms with van der Waals surface area (Å²) in [6.07, 6.45) is 0. The Bertz CT molecular complexity index is 500. The average Bonchev–Trinajstić information content (AvgIpc) is 2.34. The van der Waals surface area contributed by atoms with Crippen molar-refractivity contribution in [2.24, 2.45) is 5.92 Å². The molecule has 20 heavy (non-hydrogen) atoms. The molecule has 2 N–H and O–H groups in total. The van der Waals surface area contributed by atoms with Crippen molar-refractivity contribution in [3.05, 3.63) is 29.3 Å². The number of benzene rings is 1. The topological polar surface area (TPSA) is 66.4 Å². The number of amides is 1. The molecule has 0 unspecified atom stereocenters. The summed E-state index contributed by atoms with van der Waals surface area (Å²) < 4.78 is 0. The predicted octanol–water partition coefficient (Wildman–Crippen LogP) is 2.62. The van der Waals surface area contributed by atoms with Gasteiger partial charge in [0.1, 0.15) is 6.04 Å². The highest BCUT2D eigenvalue weighted by Crippen LogP contribution is 2.22. The van der Waals surface area contributed by atoms with E-state index in [4.69, 9.17) is 5.11 Å². The van der Waals surface area contributed by atoms with Gasteiger partial charge in [-0.15, -0.1) is 11.8 Å². The molecule has 0 aliphatic rings. The smallest absolute Gasteiger partial charge is 0.326 e. The van der Waals surface area contributed by atoms with Crippen LogP contribution >= 0.6 is 11.8 Å². The molecule has 0 bridgehead atoms. The molecule has 0 radical (unpaired) electrons. The first kappa shape index (κ1) is 16.6. The minimum absolute atomic E-state index is 0.137. The van der Waals surface area contributed by atoms with E-state index in [9.17, 15) is 9.59 Å². The lowest BCUT2D eigenvalue weighted by Crippen LogP contribution is -2.45. The minimum Gasteiger partial charge on any atom is -0.480 e. The van der Waals surface area contributed by atoms with Crippen molar-refractivity contribution in [1.29, 1.82) is 0 Å². The summed E-state index contributed by atoms with van der Waals surface area (Å²) in [6, 6.07) is 5.22. The molecule has 0 aromatic heterocycles. The van der Waals surface area contributed by atoms with Crippen LogP contribution in [0.1, 0.15) is 25.0 Å². The van der Waals surface area contributed by atoms with Gasteiger partial charge in [0.05, 0.1) is 5.75 Å². The zero-order chi connectivity index (χ0) is 15.3. The van der Waals surface area contributed by atoms with E-state index < -0.39 is 12.0 Å². The highest BCUT2D eigenvalue weighted by Gasteiger charge is 2.23. The number of aliphatic carboxylic acids is 1. The van der Waals surface area contributed by atoms with Crippen LogP contribution < -0.4 is 5.32 Å². The van der Waals surface area contributed by atoms with Gasteiger partial charge in [0.15, 0.2) is 0 Å². The van der Waals surface area contributed by atoms with Crippen LogP contribution in [0.25, 0.3) is 0 Å². The summed E-state index contributed by atoms with van der Waals surface area (Å²) in [5.41, 5.74) is 2.31. The highest BCUT2D eigenvalue weighted by atomic mass is 32.2. The van der Waals surface area contributed by atoms with Crippen molar-refractivity contribution in [1.82, 2.24) is 5.32 Å². The summed E-state index contributed by atoms with van der Waals surface area (Å²) in [5.74, 6) is -1.16. The number of aryl methyl sites for hydroxylation is 2. The van der Waals surface area contributed by atoms with Crippen LogP contribution in [-0.2, 0) is 9.59 Å². The highest BCUT2D eigenvalue weighted by molar-refractivity contribution is 8.00. The molecule has 0 heterocycles. The lowest BCUT2D eigenvalue weighted by atomic mass is 10.1. The quantitative estimate of drug-likeness (QED) is 0.792. The van der Waals surface area contributed by atoms with Gasteiger partial charge in [-0.1, -0.05) is 31.5 Å². The van der Waals surface area contributed by atoms with Gasteiger partial charge >= 0.3 is 5.97 Å². The molecule has 0 aliphatic carbocycles. The third-order valence-electron chi connectivity index (χ3n) is 2.94. The second kappa shape index (κ2) is 7.33. The Morgan fingerprint density at radius 2 is 1.95 bits per heavy atom. The van der Waals surface area contributed by atoms with Crippen LogP contribution in [0.2, 0.25) is 0 Å². The lowest BCUT2D eigenvalue weighted by molar-refractivity contribution is -0.142. The monoisotopic (exact) mass is 295 g/mol. The van der Waals surface area contributed by atoms with Gasteiger partial charge in [-0.25, -0.2) is 4.79 Å². The number of carbonyl (C=O) groups excluding carboxylic acids is 1. The first-order valence-electron chi connectivity index (χ1n) is 6.53. The molecule has 1 rings (SSSR count). The van der Waals surface area contributed by atoms with Gasteiger partial charge < -0.3 is 10.4 Å². The van der Waals surface area contributed by atoms with Crippen molar-refractivity contribution in [2.75, 3.05) is 5.75 Å². The van der Waals surface area contributed by atoms with Gasteiger partial charge in [0.2, 0.25) is 5.91 Å². The van der Waals surface area contributed by atoms with E-state index in [2.05, 4.69) is 11.4 Å². The molecule has 5 heteroatoms. The van der Waals surface area contributed by atoms with Gasteiger partial charge in [-0.05, 0) is 31.4 Å². The maximum Gasteiger partial charge on any atom is 0.326 e. The van der Waals surface area contributed by atoms with Crippen LogP contribution in [-0.4, -0.2) is 28.8 Å². The Kier molecular flexibility index (Phi) is 6.07. The number of nitrogens with one attached hydrogen (secondary N) is 1. The zero-order valence-electron chi connectivity index (χ0n) is 12.3. The fraction of sp³-hybridized carbons (Fsp3) is 0.467. The van der Waals surface area contributed by atoms with Crippen molar-refractivity contribution in [3.8, 4) is 0 Å². The van der Waals surface area contributed by atoms with E-state index in [1.54, 1.807) is 13.8 Å². The third-order valence-corrected chi connectivity index (χ3v) is 4.11. The Morgan fingerprint density at radius 1 is 1.30 bits per heavy atom. The van der Waals surface area contributed by atoms with E-state index in [-0.39, 0.29) is 17.6 Å². The largest absolute Gasteiger partial charge is 0.480 e. The van der Waals surface area contributed by atoms with E-state index in [1.165, 1.54) is 17.3 Å². The Morgan fingerprint density at radius 3 is 2.45 bits per heavy atom. The van der Waals surface area contributed by atoms with Gasteiger partial charge in [0.25, 0.3) is 0 Å². The normalized spacial score (nSPS) is 12.2. The number of carboxylic acids is 1. The summed E-state index contributed by atoms with van der Waals surface area (Å²) in [7, 11) is 0. The fourth-order valence-electron chi connectivity index (χ4n) is 1.83. The number of rotatable bonds is 6. The second-order valence-corrected chi connectivity index (χ2v) is 6.20. The average molecular weight is 295 g/mol. The minimum atomic E-state index is -0.995. The second-order valence-electron chi connectivity index (χ2n) is 5.19. The molecule has 0 saturated carbocycles. The lowest BCUT2D eigenvalue weighted by Gasteiger charge is -2.17. The van der Waals surface area contributed by atoms with Gasteiger partial charge in [-0.3, -0.25) is 4.79 Å². The number of carboxylic acid groups (broad SMARTS) is 1. The van der Waals surface area contributed by atoms with Crippen molar-refractivity contribution >= 4 is 23.6 Å². The van der Waals surface area contributed by atoms with Crippen LogP contribution in [0, 0.1) is 19.8 Å². The summed E-state index contributed by atoms with van der Waals surface area (Å²) in [4.78, 5) is 23.9. The molecule has 1 atom stereocenters. The maximum absolute atomic E-state index is 11.8. The Balaban J connectivity index is 2.57. The molecular weight excluding hydrogens is 274 g/mol. The number of thioether (sulfide) groups is 1. The SMILES string of the molecule is Cc1ccc(SCC(=O)N[C@@H](C(=O)O)C(C)C)c(C)c1. The summed E-state index contributed by atoms with van der Waals surface area (Å²) >= 11 is 1.42. The zero-order valence-corrected chi connectivity index (χ0v) is 13.1. The number of hydrogen-bond donors (Lipinski definition) is 2. The van der Waals surface area contributed by atoms with Crippen molar-refractivity contribution < 1.29 is 14.7 Å². The number of carbonyl (C=O) groups is 2. The van der Waals surface area contributed by atoms with Crippen molar-refractivity contribution in [3.63, 3.8) is 0 Å². The van der Waals surface area contributed by atoms with E-state index in [0.29, 0.717) is 0 Å². The maximum atomic E-state index is 11.8. The Labute approximate surface area is 124 Å². The molecule has 0 saturated heterocycles. The first-order chi connectivity index (χ1) is 9.31. The molecule has 1 aromatic carbocycles. The van der Waals surface area contributed by atoms with Crippen LogP contribution in [0.5, 0.6) is 0 Å². The molecular formula is C15H21NO3S. The van der Waals surface area contributed by atoms with Crippen molar-refractivity contribution in [2.45, 2.75) is 38.6 Å². The van der Waals surface area contributed by atoms with Crippen LogP contribution in [0.4, 0.5) is 0 Å². The first-order valence-corrected chi connectivity index (χ1v) is 7.52. The predicted molar refractivity (Wildman–Crippen MR) is 81.0 cm³/mol. The van der Waals surface area contributed by atoms with E-state index in [1.807, 2.05) is 26.0 Å². The molecule has 0 aliphatic heterocycles. The van der Waals surface area contributed by atoms with Gasteiger partial charge in [0, 0.05) is 4.90 Å². The number of hydrogen-bond acceptors (Lipinski definition) is 3. The summed E-state index contributed by atoms with van der Waals surface area (Å²) in [5, 5.41) is 11.6. The molecule has 1 aromatic rings. The molecule has 1 amide bonds. The van der Waals surface area contributed by atoms with Crippen LogP contribution in [0.3, 0.4) is 0 Å². The third kappa shape index (κ3) is 4.89. The van der Waals surface area contributed by atoms with E-state index in [0.717, 1.165) is 10.5 Å². The Hall–Kier alpha value is -1.49. The standard InChI is InChI=1S/C15H21NO3S/c1-9(2)14(15(18)19)16-13(17)8-20-12-6-5-10(3)7-11(12)4/h5-7,9,14H,8H2,1-4H3,(H,16,17)(H,18,19)/t14-/m1/s1. The molecule has 110 valence electrons. The molecule has 0 spiro atoms. The molecule has 0 fully saturated rings. The van der Waals surface area contributed by atoms with Gasteiger partial charge in [-0.2, -0.15) is 0 Å². The molecule has 4 nitrogen and oxygen atoms in total. The fourth-order valence-corrected chi connectivity index (χ4v) is 2.65. The van der Waals surface area contributed by atoms with E-state index >= 15 is 0 Å². The van der Waals surface area contributed by atoms with Crippen LogP contribution in [0.15, 0.2) is 23.1 Å². The summed E-state index contributed by atoms with van der Waals surface area (Å²) in [6.45, 7) is 7.57.